The molecule has 2 aromatic carbocycles. The lowest BCUT2D eigenvalue weighted by molar-refractivity contribution is 0.259. The van der Waals surface area contributed by atoms with Crippen molar-refractivity contribution < 1.29 is 13.6 Å². The predicted molar refractivity (Wildman–Crippen MR) is 169 cm³/mol. The highest BCUT2D eigenvalue weighted by molar-refractivity contribution is 7.42. The minimum atomic E-state index is -1.90. The van der Waals surface area contributed by atoms with Gasteiger partial charge in [0.1, 0.15) is 11.5 Å². The lowest BCUT2D eigenvalue weighted by atomic mass is 9.78. The molecule has 3 nitrogen and oxygen atoms in total. The minimum absolute atomic E-state index is 0.141. The zero-order valence-electron chi connectivity index (χ0n) is 27.7. The van der Waals surface area contributed by atoms with E-state index in [2.05, 4.69) is 135 Å². The van der Waals surface area contributed by atoms with Gasteiger partial charge < -0.3 is 9.05 Å². The maximum absolute atomic E-state index is 6.88. The van der Waals surface area contributed by atoms with Gasteiger partial charge in [0.2, 0.25) is 0 Å². The van der Waals surface area contributed by atoms with Crippen molar-refractivity contribution in [2.75, 3.05) is 0 Å². The molecule has 0 atom stereocenters. The first kappa shape index (κ1) is 33.6. The average Bonchev–Trinajstić information content (AvgIpc) is 2.70. The van der Waals surface area contributed by atoms with Crippen LogP contribution in [0.3, 0.4) is 0 Å². The molecule has 2 rings (SSSR count). The smallest absolute Gasteiger partial charge is 0.417 e. The van der Waals surface area contributed by atoms with Crippen LogP contribution in [0.5, 0.6) is 11.5 Å². The Bertz CT molecular complexity index is 989. The molecule has 0 bridgehead atoms. The maximum atomic E-state index is 6.88. The molecule has 0 aromatic heterocycles. The summed E-state index contributed by atoms with van der Waals surface area (Å²) in [5, 5.41) is 0. The van der Waals surface area contributed by atoms with Crippen LogP contribution in [0.25, 0.3) is 0 Å². The van der Waals surface area contributed by atoms with Crippen molar-refractivity contribution in [3.8, 4) is 11.5 Å². The highest BCUT2D eigenvalue weighted by Crippen LogP contribution is 2.53. The molecule has 4 heteroatoms. The van der Waals surface area contributed by atoms with Crippen molar-refractivity contribution in [1.29, 1.82) is 0 Å². The Kier molecular flexibility index (Phi) is 9.80. The van der Waals surface area contributed by atoms with E-state index >= 15 is 0 Å². The summed E-state index contributed by atoms with van der Waals surface area (Å²) in [5.41, 5.74) is 5.87. The fraction of sp³-hybridized carbons (Fsp3) is 0.600. The van der Waals surface area contributed by atoms with Gasteiger partial charge in [-0.2, -0.15) is 0 Å². The molecule has 0 aliphatic heterocycles. The van der Waals surface area contributed by atoms with E-state index < -0.39 is 14.0 Å². The standard InChI is InChI=1S/C35H54O3P/c1-23-18-25(32(6,7)8)29(26(19-23)33(9,10)11)37-39(36-22-31(3,4)5)38-30-27(34(12,13)14)20-24(2)21-28(30)35(15,16)17/h18-21H,3H2,1-2,4-17H3. The third-order valence-electron chi connectivity index (χ3n) is 6.43. The predicted octanol–water partition coefficient (Wildman–Crippen LogP) is 11.1. The van der Waals surface area contributed by atoms with Crippen molar-refractivity contribution in [1.82, 2.24) is 0 Å². The molecule has 0 saturated heterocycles. The molecule has 0 unspecified atom stereocenters. The van der Waals surface area contributed by atoms with Crippen LogP contribution in [-0.4, -0.2) is 0 Å². The summed E-state index contributed by atoms with van der Waals surface area (Å²) in [6.45, 7) is 42.1. The summed E-state index contributed by atoms with van der Waals surface area (Å²) < 4.78 is 20.0. The molecule has 0 spiro atoms. The second kappa shape index (κ2) is 11.4. The number of hydrogen-bond acceptors (Lipinski definition) is 3. The van der Waals surface area contributed by atoms with Crippen LogP contribution in [0.1, 0.15) is 130 Å². The van der Waals surface area contributed by atoms with Gasteiger partial charge in [0.15, 0.2) is 6.61 Å². The van der Waals surface area contributed by atoms with Gasteiger partial charge >= 0.3 is 8.60 Å². The van der Waals surface area contributed by atoms with Gasteiger partial charge in [-0.05, 0) is 42.4 Å². The molecule has 0 aliphatic carbocycles. The van der Waals surface area contributed by atoms with Crippen LogP contribution >= 0.6 is 8.60 Å². The van der Waals surface area contributed by atoms with Gasteiger partial charge in [0.25, 0.3) is 0 Å². The van der Waals surface area contributed by atoms with Gasteiger partial charge in [-0.1, -0.05) is 132 Å². The number of hydrogen-bond donors (Lipinski definition) is 0. The molecule has 0 fully saturated rings. The van der Waals surface area contributed by atoms with E-state index in [1.807, 2.05) is 13.8 Å². The minimum Gasteiger partial charge on any atom is -0.417 e. The first-order valence-corrected chi connectivity index (χ1v) is 15.2. The highest BCUT2D eigenvalue weighted by Gasteiger charge is 2.35. The Labute approximate surface area is 242 Å². The molecular formula is C35H54O3P. The van der Waals surface area contributed by atoms with Crippen LogP contribution in [0.4, 0.5) is 0 Å². The van der Waals surface area contributed by atoms with Crippen molar-refractivity contribution >= 4 is 8.60 Å². The number of rotatable bonds is 7. The van der Waals surface area contributed by atoms with E-state index in [1.165, 1.54) is 11.1 Å². The van der Waals surface area contributed by atoms with Crippen molar-refractivity contribution in [3.63, 3.8) is 0 Å². The van der Waals surface area contributed by atoms with Crippen molar-refractivity contribution in [2.45, 2.75) is 132 Å². The fourth-order valence-electron chi connectivity index (χ4n) is 4.34. The second-order valence-electron chi connectivity index (χ2n) is 15.9. The van der Waals surface area contributed by atoms with Gasteiger partial charge in [-0.15, -0.1) is 0 Å². The Hall–Kier alpha value is -1.57. The Morgan fingerprint density at radius 2 is 0.795 bits per heavy atom. The SMILES string of the molecule is [CH2]C(C)(C)[C]OP(Oc1c(C(C)(C)C)cc(C)cc1C(C)(C)C)Oc1c(C(C)(C)C)cc(C)cc1C(C)(C)C. The van der Waals surface area contributed by atoms with Crippen molar-refractivity contribution in [3.05, 3.63) is 71.2 Å². The molecule has 0 N–H and O–H groups in total. The summed E-state index contributed by atoms with van der Waals surface area (Å²) in [4.78, 5) is 0. The Morgan fingerprint density at radius 3 is 1.00 bits per heavy atom. The first-order chi connectivity index (χ1) is 17.3. The monoisotopic (exact) mass is 553 g/mol. The van der Waals surface area contributed by atoms with Crippen molar-refractivity contribution in [2.24, 2.45) is 5.41 Å². The highest BCUT2D eigenvalue weighted by atomic mass is 31.2. The Balaban J connectivity index is 2.82. The number of benzene rings is 2. The third kappa shape index (κ3) is 9.22. The molecule has 0 amide bonds. The molecule has 217 valence electrons. The summed E-state index contributed by atoms with van der Waals surface area (Å²) in [7, 11) is -1.90. The molecular weight excluding hydrogens is 499 g/mol. The van der Waals surface area contributed by atoms with Crippen LogP contribution in [0, 0.1) is 32.8 Å². The molecule has 2 aromatic rings. The second-order valence-corrected chi connectivity index (χ2v) is 16.9. The molecule has 0 heterocycles. The average molecular weight is 554 g/mol. The summed E-state index contributed by atoms with van der Waals surface area (Å²) >= 11 is 0. The maximum Gasteiger partial charge on any atom is 0.463 e. The van der Waals surface area contributed by atoms with Crippen LogP contribution < -0.4 is 9.05 Å². The first-order valence-electron chi connectivity index (χ1n) is 14.1. The molecule has 3 radical (unpaired) electrons. The van der Waals surface area contributed by atoms with E-state index in [0.29, 0.717) is 0 Å². The normalized spacial score (nSPS) is 13.7. The fourth-order valence-corrected chi connectivity index (χ4v) is 5.46. The third-order valence-corrected chi connectivity index (χ3v) is 7.33. The van der Waals surface area contributed by atoms with E-state index in [1.54, 1.807) is 0 Å². The summed E-state index contributed by atoms with van der Waals surface area (Å²) in [5.74, 6) is 1.66. The number of aryl methyl sites for hydroxylation is 2. The molecule has 0 aliphatic rings. The van der Waals surface area contributed by atoms with E-state index in [4.69, 9.17) is 13.6 Å². The van der Waals surface area contributed by atoms with E-state index in [9.17, 15) is 0 Å². The van der Waals surface area contributed by atoms with Gasteiger partial charge in [-0.25, -0.2) is 0 Å². The van der Waals surface area contributed by atoms with Crippen LogP contribution in [0.15, 0.2) is 24.3 Å². The quantitative estimate of drug-likeness (QED) is 0.319. The summed E-state index contributed by atoms with van der Waals surface area (Å²) in [6, 6.07) is 8.90. The van der Waals surface area contributed by atoms with Gasteiger partial charge in [-0.3, -0.25) is 4.52 Å². The zero-order chi connectivity index (χ0) is 30.4. The molecule has 39 heavy (non-hydrogen) atoms. The lowest BCUT2D eigenvalue weighted by Gasteiger charge is -2.34. The van der Waals surface area contributed by atoms with Gasteiger partial charge in [0, 0.05) is 27.7 Å². The zero-order valence-corrected chi connectivity index (χ0v) is 28.6. The van der Waals surface area contributed by atoms with Crippen LogP contribution in [-0.2, 0) is 26.2 Å². The summed E-state index contributed by atoms with van der Waals surface area (Å²) in [6.07, 6.45) is 0. The van der Waals surface area contributed by atoms with Crippen LogP contribution in [0.2, 0.25) is 0 Å². The lowest BCUT2D eigenvalue weighted by Crippen LogP contribution is -2.22. The Morgan fingerprint density at radius 1 is 0.538 bits per heavy atom. The van der Waals surface area contributed by atoms with E-state index in [-0.39, 0.29) is 21.7 Å². The van der Waals surface area contributed by atoms with E-state index in [0.717, 1.165) is 33.8 Å². The largest absolute Gasteiger partial charge is 0.463 e. The topological polar surface area (TPSA) is 27.7 Å². The van der Waals surface area contributed by atoms with Gasteiger partial charge in [0.05, 0.1) is 0 Å². The molecule has 0 saturated carbocycles.